The highest BCUT2D eigenvalue weighted by atomic mass is 32.1. The lowest BCUT2D eigenvalue weighted by atomic mass is 10.0. The summed E-state index contributed by atoms with van der Waals surface area (Å²) in [7, 11) is 0. The predicted molar refractivity (Wildman–Crippen MR) is 90.1 cm³/mol. The second-order valence-electron chi connectivity index (χ2n) is 5.60. The molecule has 2 heterocycles. The quantitative estimate of drug-likeness (QED) is 0.779. The molecule has 6 heteroatoms. The Morgan fingerprint density at radius 3 is 2.61 bits per heavy atom. The van der Waals surface area contributed by atoms with Crippen molar-refractivity contribution in [1.29, 1.82) is 0 Å². The van der Waals surface area contributed by atoms with E-state index in [9.17, 15) is 9.90 Å². The molecule has 0 amide bonds. The van der Waals surface area contributed by atoms with Gasteiger partial charge in [-0.05, 0) is 11.5 Å². The number of carboxylic acid groups (broad SMARTS) is 1. The second kappa shape index (κ2) is 6.34. The average Bonchev–Trinajstić information content (AvgIpc) is 2.97. The summed E-state index contributed by atoms with van der Waals surface area (Å²) in [6.45, 7) is 3.66. The third kappa shape index (κ3) is 3.03. The fraction of sp³-hybridized carbons (Fsp3) is 0.235. The van der Waals surface area contributed by atoms with Gasteiger partial charge < -0.3 is 15.2 Å². The SMILES string of the molecule is CC(C)[C@@H](Nc1ncnc2scc(-c3ccccc3)c12)C(=O)[O-]. The molecule has 0 aliphatic heterocycles. The molecule has 2 aromatic heterocycles. The number of rotatable bonds is 5. The molecule has 1 N–H and O–H groups in total. The number of nitrogens with one attached hydrogen (secondary N) is 1. The molecule has 3 rings (SSSR count). The minimum atomic E-state index is -1.14. The Morgan fingerprint density at radius 1 is 1.22 bits per heavy atom. The lowest BCUT2D eigenvalue weighted by Crippen LogP contribution is -2.44. The van der Waals surface area contributed by atoms with Crippen molar-refractivity contribution in [1.82, 2.24) is 9.97 Å². The van der Waals surface area contributed by atoms with E-state index in [1.807, 2.05) is 49.6 Å². The maximum Gasteiger partial charge on any atom is 0.139 e. The van der Waals surface area contributed by atoms with Crippen LogP contribution < -0.4 is 10.4 Å². The molecule has 0 aliphatic rings. The van der Waals surface area contributed by atoms with Crippen LogP contribution in [0.2, 0.25) is 0 Å². The number of aliphatic carboxylic acids is 1. The normalized spacial score (nSPS) is 12.5. The fourth-order valence-electron chi connectivity index (χ4n) is 2.46. The Bertz CT molecular complexity index is 830. The number of thiophene rings is 1. The number of nitrogens with zero attached hydrogens (tertiary/aromatic N) is 2. The van der Waals surface area contributed by atoms with Gasteiger partial charge in [0.1, 0.15) is 17.0 Å². The highest BCUT2D eigenvalue weighted by molar-refractivity contribution is 7.17. The van der Waals surface area contributed by atoms with Gasteiger partial charge in [0.2, 0.25) is 0 Å². The third-order valence-corrected chi connectivity index (χ3v) is 4.55. The molecule has 5 nitrogen and oxygen atoms in total. The summed E-state index contributed by atoms with van der Waals surface area (Å²) in [4.78, 5) is 20.7. The van der Waals surface area contributed by atoms with Crippen LogP contribution in [0, 0.1) is 5.92 Å². The zero-order valence-corrected chi connectivity index (χ0v) is 13.6. The standard InChI is InChI=1S/C17H17N3O2S/c1-10(2)14(17(21)22)20-15-13-12(11-6-4-3-5-7-11)8-23-16(13)19-9-18-15/h3-10,14H,1-2H3,(H,21,22)(H,18,19,20)/p-1/t14-/m1/s1. The van der Waals surface area contributed by atoms with Crippen LogP contribution >= 0.6 is 11.3 Å². The van der Waals surface area contributed by atoms with Gasteiger partial charge in [-0.15, -0.1) is 11.3 Å². The number of hydrogen-bond acceptors (Lipinski definition) is 6. The Hall–Kier alpha value is -2.47. The van der Waals surface area contributed by atoms with Gasteiger partial charge in [-0.1, -0.05) is 44.2 Å². The molecule has 0 bridgehead atoms. The van der Waals surface area contributed by atoms with Crippen LogP contribution in [-0.4, -0.2) is 22.0 Å². The molecule has 0 fully saturated rings. The van der Waals surface area contributed by atoms with Crippen LogP contribution in [0.25, 0.3) is 21.3 Å². The Labute approximate surface area is 138 Å². The smallest absolute Gasteiger partial charge is 0.139 e. The topological polar surface area (TPSA) is 77.9 Å². The van der Waals surface area contributed by atoms with Crippen molar-refractivity contribution >= 4 is 33.3 Å². The summed E-state index contributed by atoms with van der Waals surface area (Å²) in [5.41, 5.74) is 2.04. The highest BCUT2D eigenvalue weighted by Gasteiger charge is 2.19. The van der Waals surface area contributed by atoms with Crippen molar-refractivity contribution in [3.05, 3.63) is 42.0 Å². The summed E-state index contributed by atoms with van der Waals surface area (Å²) in [5.74, 6) is -0.731. The molecular weight excluding hydrogens is 310 g/mol. The maximum absolute atomic E-state index is 11.4. The molecule has 3 aromatic rings. The first kappa shape index (κ1) is 15.4. The van der Waals surface area contributed by atoms with Crippen LogP contribution in [0.3, 0.4) is 0 Å². The monoisotopic (exact) mass is 326 g/mol. The largest absolute Gasteiger partial charge is 0.548 e. The summed E-state index contributed by atoms with van der Waals surface area (Å²) in [6.07, 6.45) is 1.45. The van der Waals surface area contributed by atoms with Gasteiger partial charge in [-0.2, -0.15) is 0 Å². The first-order chi connectivity index (χ1) is 11.1. The van der Waals surface area contributed by atoms with Gasteiger partial charge in [0.25, 0.3) is 0 Å². The van der Waals surface area contributed by atoms with E-state index in [4.69, 9.17) is 0 Å². The number of carbonyl (C=O) groups excluding carboxylic acids is 1. The summed E-state index contributed by atoms with van der Waals surface area (Å²) >= 11 is 1.51. The Morgan fingerprint density at radius 2 is 1.96 bits per heavy atom. The van der Waals surface area contributed by atoms with Gasteiger partial charge in [0, 0.05) is 10.9 Å². The van der Waals surface area contributed by atoms with Gasteiger partial charge in [-0.3, -0.25) is 0 Å². The van der Waals surface area contributed by atoms with Crippen molar-refractivity contribution < 1.29 is 9.90 Å². The van der Waals surface area contributed by atoms with Crippen LogP contribution in [-0.2, 0) is 4.79 Å². The predicted octanol–water partition coefficient (Wildman–Crippen LogP) is 2.54. The molecule has 0 saturated heterocycles. The number of carbonyl (C=O) groups is 1. The third-order valence-electron chi connectivity index (χ3n) is 3.67. The molecule has 0 saturated carbocycles. The maximum atomic E-state index is 11.4. The van der Waals surface area contributed by atoms with E-state index in [0.29, 0.717) is 5.82 Å². The van der Waals surface area contributed by atoms with Crippen molar-refractivity contribution in [2.24, 2.45) is 5.92 Å². The highest BCUT2D eigenvalue weighted by Crippen LogP contribution is 2.36. The van der Waals surface area contributed by atoms with E-state index in [1.54, 1.807) is 0 Å². The number of benzene rings is 1. The van der Waals surface area contributed by atoms with Crippen molar-refractivity contribution in [2.45, 2.75) is 19.9 Å². The van der Waals surface area contributed by atoms with E-state index in [0.717, 1.165) is 21.3 Å². The van der Waals surface area contributed by atoms with Crippen LogP contribution in [0.4, 0.5) is 5.82 Å². The molecule has 0 aliphatic carbocycles. The number of fused-ring (bicyclic) bond motifs is 1. The number of hydrogen-bond donors (Lipinski definition) is 1. The average molecular weight is 326 g/mol. The van der Waals surface area contributed by atoms with Crippen LogP contribution in [0.1, 0.15) is 13.8 Å². The Kier molecular flexibility index (Phi) is 4.25. The summed E-state index contributed by atoms with van der Waals surface area (Å²) in [5, 5.41) is 17.2. The lowest BCUT2D eigenvalue weighted by Gasteiger charge is -2.24. The van der Waals surface area contributed by atoms with Gasteiger partial charge in [0.15, 0.2) is 0 Å². The molecule has 0 unspecified atom stereocenters. The van der Waals surface area contributed by atoms with E-state index in [-0.39, 0.29) is 5.92 Å². The van der Waals surface area contributed by atoms with Gasteiger partial charge in [-0.25, -0.2) is 9.97 Å². The number of anilines is 1. The molecule has 1 atom stereocenters. The fourth-order valence-corrected chi connectivity index (χ4v) is 3.38. The van der Waals surface area contributed by atoms with Crippen molar-refractivity contribution in [3.8, 4) is 11.1 Å². The zero-order valence-electron chi connectivity index (χ0n) is 12.8. The molecule has 1 aromatic carbocycles. The van der Waals surface area contributed by atoms with E-state index >= 15 is 0 Å². The van der Waals surface area contributed by atoms with Crippen molar-refractivity contribution in [2.75, 3.05) is 5.32 Å². The van der Waals surface area contributed by atoms with Gasteiger partial charge >= 0.3 is 0 Å². The number of carboxylic acids is 1. The zero-order chi connectivity index (χ0) is 16.4. The second-order valence-corrected chi connectivity index (χ2v) is 6.46. The first-order valence-electron chi connectivity index (χ1n) is 7.33. The van der Waals surface area contributed by atoms with E-state index in [2.05, 4.69) is 15.3 Å². The molecule has 23 heavy (non-hydrogen) atoms. The van der Waals surface area contributed by atoms with Crippen LogP contribution in [0.15, 0.2) is 42.0 Å². The minimum absolute atomic E-state index is 0.121. The van der Waals surface area contributed by atoms with E-state index in [1.165, 1.54) is 17.7 Å². The molecule has 0 spiro atoms. The van der Waals surface area contributed by atoms with Crippen LogP contribution in [0.5, 0.6) is 0 Å². The Balaban J connectivity index is 2.11. The molecule has 0 radical (unpaired) electrons. The van der Waals surface area contributed by atoms with Crippen molar-refractivity contribution in [3.63, 3.8) is 0 Å². The molecular formula is C17H16N3O2S-. The summed E-state index contributed by atoms with van der Waals surface area (Å²) in [6, 6.07) is 9.10. The first-order valence-corrected chi connectivity index (χ1v) is 8.21. The molecule has 118 valence electrons. The minimum Gasteiger partial charge on any atom is -0.548 e. The van der Waals surface area contributed by atoms with Gasteiger partial charge in [0.05, 0.1) is 17.4 Å². The summed E-state index contributed by atoms with van der Waals surface area (Å²) < 4.78 is 0. The lowest BCUT2D eigenvalue weighted by molar-refractivity contribution is -0.307. The number of aromatic nitrogens is 2. The van der Waals surface area contributed by atoms with E-state index < -0.39 is 12.0 Å².